The zero-order chi connectivity index (χ0) is 11.4. The topological polar surface area (TPSA) is 52.6 Å². The molecule has 0 radical (unpaired) electrons. The van der Waals surface area contributed by atoms with Crippen LogP contribution in [0.2, 0.25) is 0 Å². The molecule has 88 valence electrons. The average molecular weight is 240 g/mol. The van der Waals surface area contributed by atoms with Gasteiger partial charge < -0.3 is 15.3 Å². The van der Waals surface area contributed by atoms with Crippen molar-refractivity contribution in [2.75, 3.05) is 13.1 Å². The number of hydrogen-bond donors (Lipinski definition) is 2. The average Bonchev–Trinajstić information content (AvgIpc) is 2.78. The van der Waals surface area contributed by atoms with Crippen molar-refractivity contribution in [3.05, 3.63) is 22.4 Å². The van der Waals surface area contributed by atoms with Crippen LogP contribution >= 0.6 is 11.3 Å². The zero-order valence-electron chi connectivity index (χ0n) is 9.06. The van der Waals surface area contributed by atoms with Crippen molar-refractivity contribution in [2.45, 2.75) is 25.5 Å². The zero-order valence-corrected chi connectivity index (χ0v) is 9.87. The fourth-order valence-corrected chi connectivity index (χ4v) is 2.49. The molecule has 0 saturated carbocycles. The summed E-state index contributed by atoms with van der Waals surface area (Å²) < 4.78 is 0. The van der Waals surface area contributed by atoms with E-state index in [9.17, 15) is 9.90 Å². The third-order valence-corrected chi connectivity index (χ3v) is 3.44. The Morgan fingerprint density at radius 3 is 3.25 bits per heavy atom. The first-order valence-electron chi connectivity index (χ1n) is 5.47. The molecule has 1 fully saturated rings. The van der Waals surface area contributed by atoms with Crippen LogP contribution in [0.1, 0.15) is 18.4 Å². The van der Waals surface area contributed by atoms with E-state index in [2.05, 4.69) is 5.32 Å². The second kappa shape index (κ2) is 5.32. The standard InChI is InChI=1S/C11H16N2O2S/c14-10-2-1-4-13(7-10)11(15)12-6-9-3-5-16-8-9/h3,5,8,10,14H,1-2,4,6-7H2,(H,12,15). The largest absolute Gasteiger partial charge is 0.391 e. The van der Waals surface area contributed by atoms with E-state index in [0.717, 1.165) is 24.9 Å². The molecule has 1 aliphatic rings. The highest BCUT2D eigenvalue weighted by Gasteiger charge is 2.21. The highest BCUT2D eigenvalue weighted by atomic mass is 32.1. The number of hydrogen-bond acceptors (Lipinski definition) is 3. The molecule has 0 spiro atoms. The fraction of sp³-hybridized carbons (Fsp3) is 0.545. The van der Waals surface area contributed by atoms with Crippen molar-refractivity contribution in [1.29, 1.82) is 0 Å². The van der Waals surface area contributed by atoms with E-state index in [0.29, 0.717) is 13.1 Å². The maximum Gasteiger partial charge on any atom is 0.317 e. The van der Waals surface area contributed by atoms with E-state index < -0.39 is 0 Å². The number of thiophene rings is 1. The molecular weight excluding hydrogens is 224 g/mol. The highest BCUT2D eigenvalue weighted by molar-refractivity contribution is 7.07. The number of aliphatic hydroxyl groups excluding tert-OH is 1. The Bertz CT molecular complexity index is 340. The predicted octanol–water partition coefficient (Wildman–Crippen LogP) is 1.41. The van der Waals surface area contributed by atoms with Crippen molar-refractivity contribution in [3.8, 4) is 0 Å². The van der Waals surface area contributed by atoms with E-state index in [4.69, 9.17) is 0 Å². The highest BCUT2D eigenvalue weighted by Crippen LogP contribution is 2.10. The molecule has 1 aliphatic heterocycles. The molecule has 2 heterocycles. The minimum atomic E-state index is -0.361. The van der Waals surface area contributed by atoms with Crippen molar-refractivity contribution in [1.82, 2.24) is 10.2 Å². The number of rotatable bonds is 2. The molecule has 1 saturated heterocycles. The van der Waals surface area contributed by atoms with Crippen molar-refractivity contribution in [2.24, 2.45) is 0 Å². The van der Waals surface area contributed by atoms with Gasteiger partial charge in [-0.1, -0.05) is 0 Å². The van der Waals surface area contributed by atoms with Gasteiger partial charge in [0, 0.05) is 19.6 Å². The first-order chi connectivity index (χ1) is 7.75. The van der Waals surface area contributed by atoms with Gasteiger partial charge in [-0.3, -0.25) is 0 Å². The normalized spacial score (nSPS) is 20.8. The van der Waals surface area contributed by atoms with Gasteiger partial charge in [0.1, 0.15) is 0 Å². The minimum Gasteiger partial charge on any atom is -0.391 e. The summed E-state index contributed by atoms with van der Waals surface area (Å²) in [7, 11) is 0. The van der Waals surface area contributed by atoms with Crippen LogP contribution in [0.15, 0.2) is 16.8 Å². The Labute approximate surface area is 98.9 Å². The summed E-state index contributed by atoms with van der Waals surface area (Å²) in [6.07, 6.45) is 1.32. The van der Waals surface area contributed by atoms with Crippen molar-refractivity contribution >= 4 is 17.4 Å². The van der Waals surface area contributed by atoms with E-state index in [1.807, 2.05) is 16.8 Å². The van der Waals surface area contributed by atoms with Crippen LogP contribution in [-0.2, 0) is 6.54 Å². The molecular formula is C11H16N2O2S. The Morgan fingerprint density at radius 1 is 1.69 bits per heavy atom. The predicted molar refractivity (Wildman–Crippen MR) is 63.4 cm³/mol. The second-order valence-electron chi connectivity index (χ2n) is 4.03. The summed E-state index contributed by atoms with van der Waals surface area (Å²) in [5.74, 6) is 0. The molecule has 2 amide bonds. The number of carbonyl (C=O) groups is 1. The van der Waals surface area contributed by atoms with E-state index in [1.54, 1.807) is 16.2 Å². The molecule has 1 unspecified atom stereocenters. The van der Waals surface area contributed by atoms with Crippen LogP contribution in [0.5, 0.6) is 0 Å². The van der Waals surface area contributed by atoms with Crippen molar-refractivity contribution in [3.63, 3.8) is 0 Å². The number of carbonyl (C=O) groups excluding carboxylic acids is 1. The lowest BCUT2D eigenvalue weighted by atomic mass is 10.1. The van der Waals surface area contributed by atoms with Gasteiger partial charge in [-0.05, 0) is 35.2 Å². The lowest BCUT2D eigenvalue weighted by Gasteiger charge is -2.30. The third kappa shape index (κ3) is 2.96. The summed E-state index contributed by atoms with van der Waals surface area (Å²) in [5, 5.41) is 16.3. The van der Waals surface area contributed by atoms with E-state index in [-0.39, 0.29) is 12.1 Å². The number of piperidine rings is 1. The van der Waals surface area contributed by atoms with Gasteiger partial charge in [0.2, 0.25) is 0 Å². The summed E-state index contributed by atoms with van der Waals surface area (Å²) in [4.78, 5) is 13.4. The molecule has 2 rings (SSSR count). The molecule has 1 atom stereocenters. The number of aliphatic hydroxyl groups is 1. The molecule has 0 aromatic carbocycles. The SMILES string of the molecule is O=C(NCc1ccsc1)N1CCCC(O)C1. The quantitative estimate of drug-likeness (QED) is 0.821. The summed E-state index contributed by atoms with van der Waals surface area (Å²) >= 11 is 1.62. The number of likely N-dealkylation sites (tertiary alicyclic amines) is 1. The lowest BCUT2D eigenvalue weighted by Crippen LogP contribution is -2.46. The number of β-amino-alcohol motifs (C(OH)–C–C–N with tert-alkyl or cyclic N) is 1. The van der Waals surface area contributed by atoms with Gasteiger partial charge in [-0.15, -0.1) is 0 Å². The number of amides is 2. The number of nitrogens with one attached hydrogen (secondary N) is 1. The number of urea groups is 1. The Balaban J connectivity index is 1.79. The van der Waals surface area contributed by atoms with Gasteiger partial charge in [0.05, 0.1) is 6.10 Å². The van der Waals surface area contributed by atoms with Crippen LogP contribution in [0, 0.1) is 0 Å². The van der Waals surface area contributed by atoms with Gasteiger partial charge >= 0.3 is 6.03 Å². The third-order valence-electron chi connectivity index (χ3n) is 2.71. The first-order valence-corrected chi connectivity index (χ1v) is 6.42. The van der Waals surface area contributed by atoms with Crippen molar-refractivity contribution < 1.29 is 9.90 Å². The van der Waals surface area contributed by atoms with Gasteiger partial charge in [-0.2, -0.15) is 11.3 Å². The monoisotopic (exact) mass is 240 g/mol. The Kier molecular flexibility index (Phi) is 3.79. The van der Waals surface area contributed by atoms with Crippen LogP contribution in [0.3, 0.4) is 0 Å². The van der Waals surface area contributed by atoms with Crippen LogP contribution < -0.4 is 5.32 Å². The summed E-state index contributed by atoms with van der Waals surface area (Å²) in [6.45, 7) is 1.76. The molecule has 0 bridgehead atoms. The van der Waals surface area contributed by atoms with E-state index in [1.165, 1.54) is 0 Å². The van der Waals surface area contributed by atoms with Crippen LogP contribution in [0.4, 0.5) is 4.79 Å². The molecule has 2 N–H and O–H groups in total. The molecule has 4 nitrogen and oxygen atoms in total. The molecule has 16 heavy (non-hydrogen) atoms. The van der Waals surface area contributed by atoms with Gasteiger partial charge in [0.15, 0.2) is 0 Å². The maximum absolute atomic E-state index is 11.7. The molecule has 0 aliphatic carbocycles. The van der Waals surface area contributed by atoms with Gasteiger partial charge in [0.25, 0.3) is 0 Å². The van der Waals surface area contributed by atoms with E-state index >= 15 is 0 Å². The minimum absolute atomic E-state index is 0.0787. The Hall–Kier alpha value is -1.07. The fourth-order valence-electron chi connectivity index (χ4n) is 1.82. The van der Waals surface area contributed by atoms with Crippen LogP contribution in [-0.4, -0.2) is 35.2 Å². The lowest BCUT2D eigenvalue weighted by molar-refractivity contribution is 0.0842. The summed E-state index contributed by atoms with van der Waals surface area (Å²) in [6, 6.07) is 1.92. The van der Waals surface area contributed by atoms with Gasteiger partial charge in [-0.25, -0.2) is 4.79 Å². The molecule has 1 aromatic rings. The Morgan fingerprint density at radius 2 is 2.56 bits per heavy atom. The van der Waals surface area contributed by atoms with Crippen LogP contribution in [0.25, 0.3) is 0 Å². The maximum atomic E-state index is 11.7. The second-order valence-corrected chi connectivity index (χ2v) is 4.81. The smallest absolute Gasteiger partial charge is 0.317 e. The summed E-state index contributed by atoms with van der Waals surface area (Å²) in [5.41, 5.74) is 1.12. The molecule has 1 aromatic heterocycles. The number of nitrogens with zero attached hydrogens (tertiary/aromatic N) is 1. The first kappa shape index (κ1) is 11.4. The molecule has 5 heteroatoms.